The summed E-state index contributed by atoms with van der Waals surface area (Å²) in [6.45, 7) is 3.34. The van der Waals surface area contributed by atoms with Gasteiger partial charge in [0.05, 0.1) is 11.3 Å². The van der Waals surface area contributed by atoms with Gasteiger partial charge in [0, 0.05) is 29.4 Å². The van der Waals surface area contributed by atoms with Crippen LogP contribution in [-0.4, -0.2) is 44.8 Å². The quantitative estimate of drug-likeness (QED) is 0.625. The summed E-state index contributed by atoms with van der Waals surface area (Å²) in [5.74, 6) is -0.345. The van der Waals surface area contributed by atoms with E-state index in [1.165, 1.54) is 11.0 Å². The third-order valence-corrected chi connectivity index (χ3v) is 6.34. The lowest BCUT2D eigenvalue weighted by atomic mass is 9.98. The fourth-order valence-electron chi connectivity index (χ4n) is 4.75. The van der Waals surface area contributed by atoms with Crippen LogP contribution in [0.5, 0.6) is 0 Å². The van der Waals surface area contributed by atoms with Gasteiger partial charge in [-0.1, -0.05) is 24.3 Å². The highest BCUT2D eigenvalue weighted by atomic mass is 16.2. The van der Waals surface area contributed by atoms with Crippen LogP contribution in [0.3, 0.4) is 0 Å². The van der Waals surface area contributed by atoms with E-state index >= 15 is 0 Å². The van der Waals surface area contributed by atoms with E-state index < -0.39 is 11.6 Å². The summed E-state index contributed by atoms with van der Waals surface area (Å²) in [7, 11) is 0. The molecule has 1 saturated heterocycles. The number of hydrogen-bond acceptors (Lipinski definition) is 5. The molecule has 0 bridgehead atoms. The Kier molecular flexibility index (Phi) is 5.04. The first-order valence-electron chi connectivity index (χ1n) is 11.0. The minimum absolute atomic E-state index is 0.0693. The molecule has 5 rings (SSSR count). The van der Waals surface area contributed by atoms with Gasteiger partial charge in [-0.05, 0) is 44.5 Å². The highest BCUT2D eigenvalue weighted by molar-refractivity contribution is 6.11. The van der Waals surface area contributed by atoms with E-state index in [4.69, 9.17) is 0 Å². The van der Waals surface area contributed by atoms with E-state index in [9.17, 15) is 19.2 Å². The average Bonchev–Trinajstić information content (AvgIpc) is 3.11. The number of anilines is 2. The molecule has 9 nitrogen and oxygen atoms in total. The van der Waals surface area contributed by atoms with Crippen molar-refractivity contribution in [2.45, 2.75) is 32.4 Å². The molecule has 1 fully saturated rings. The van der Waals surface area contributed by atoms with Gasteiger partial charge in [-0.15, -0.1) is 0 Å². The third-order valence-electron chi connectivity index (χ3n) is 6.34. The number of carbonyl (C=O) groups is 3. The molecule has 34 heavy (non-hydrogen) atoms. The molecule has 0 radical (unpaired) electrons. The lowest BCUT2D eigenvalue weighted by molar-refractivity contribution is -0.120. The third kappa shape index (κ3) is 3.55. The number of benzene rings is 2. The van der Waals surface area contributed by atoms with Crippen molar-refractivity contribution < 1.29 is 14.4 Å². The zero-order valence-electron chi connectivity index (χ0n) is 18.8. The molecule has 2 aromatic carbocycles. The Hall–Kier alpha value is -4.27. The second-order valence-corrected chi connectivity index (χ2v) is 8.72. The molecule has 1 aromatic heterocycles. The summed E-state index contributed by atoms with van der Waals surface area (Å²) in [5.41, 5.74) is 1.54. The van der Waals surface area contributed by atoms with Gasteiger partial charge in [-0.3, -0.25) is 24.1 Å². The van der Waals surface area contributed by atoms with Crippen LogP contribution in [0, 0.1) is 6.92 Å². The number of hydrogen-bond donors (Lipinski definition) is 2. The lowest BCUT2D eigenvalue weighted by Crippen LogP contribution is -2.63. The monoisotopic (exact) mass is 457 g/mol. The summed E-state index contributed by atoms with van der Waals surface area (Å²) in [6, 6.07) is 15.3. The van der Waals surface area contributed by atoms with Gasteiger partial charge in [0.15, 0.2) is 0 Å². The van der Waals surface area contributed by atoms with Crippen LogP contribution in [0.4, 0.5) is 11.4 Å². The normalized spacial score (nSPS) is 19.1. The maximum atomic E-state index is 13.3. The van der Waals surface area contributed by atoms with E-state index in [-0.39, 0.29) is 23.9 Å². The van der Waals surface area contributed by atoms with Crippen molar-refractivity contribution in [1.29, 1.82) is 0 Å². The van der Waals surface area contributed by atoms with Crippen molar-refractivity contribution in [3.8, 4) is 11.4 Å². The van der Waals surface area contributed by atoms with Crippen molar-refractivity contribution in [3.05, 3.63) is 76.2 Å². The minimum atomic E-state index is -0.910. The number of H-pyrrole nitrogens is 1. The Morgan fingerprint density at radius 1 is 1.12 bits per heavy atom. The number of para-hydroxylation sites is 1. The molecule has 172 valence electrons. The molecule has 0 aliphatic carbocycles. The van der Waals surface area contributed by atoms with E-state index in [1.54, 1.807) is 60.4 Å². The van der Waals surface area contributed by atoms with E-state index in [1.807, 2.05) is 6.92 Å². The van der Waals surface area contributed by atoms with Crippen LogP contribution >= 0.6 is 0 Å². The minimum Gasteiger partial charge on any atom is -0.325 e. The first kappa shape index (κ1) is 21.6. The van der Waals surface area contributed by atoms with Crippen molar-refractivity contribution in [3.63, 3.8) is 0 Å². The Morgan fingerprint density at radius 3 is 2.71 bits per heavy atom. The molecule has 9 heteroatoms. The number of aromatic nitrogens is 2. The summed E-state index contributed by atoms with van der Waals surface area (Å²) >= 11 is 0. The van der Waals surface area contributed by atoms with Crippen LogP contribution in [0.25, 0.3) is 11.4 Å². The number of carbonyl (C=O) groups excluding carboxylic acids is 3. The Bertz CT molecular complexity index is 1400. The number of nitrogens with one attached hydrogen (secondary N) is 2. The van der Waals surface area contributed by atoms with Crippen LogP contribution in [0.2, 0.25) is 0 Å². The number of amides is 3. The summed E-state index contributed by atoms with van der Waals surface area (Å²) in [5, 5.41) is 2.83. The molecule has 0 saturated carbocycles. The second kappa shape index (κ2) is 7.95. The molecule has 2 aliphatic heterocycles. The highest BCUT2D eigenvalue weighted by Crippen LogP contribution is 2.43. The van der Waals surface area contributed by atoms with Gasteiger partial charge >= 0.3 is 0 Å². The van der Waals surface area contributed by atoms with Crippen LogP contribution in [0.1, 0.15) is 35.8 Å². The zero-order valence-corrected chi connectivity index (χ0v) is 18.8. The lowest BCUT2D eigenvalue weighted by Gasteiger charge is -2.48. The van der Waals surface area contributed by atoms with E-state index in [2.05, 4.69) is 15.3 Å². The Morgan fingerprint density at radius 2 is 1.91 bits per heavy atom. The molecule has 0 spiro atoms. The molecular formula is C25H23N5O4. The highest BCUT2D eigenvalue weighted by Gasteiger charge is 2.53. The summed E-state index contributed by atoms with van der Waals surface area (Å²) < 4.78 is 0. The fourth-order valence-corrected chi connectivity index (χ4v) is 4.75. The van der Waals surface area contributed by atoms with Crippen LogP contribution in [0.15, 0.2) is 59.4 Å². The van der Waals surface area contributed by atoms with Crippen LogP contribution < -0.4 is 15.8 Å². The number of nitrogens with zero attached hydrogens (tertiary/aromatic N) is 3. The van der Waals surface area contributed by atoms with E-state index in [0.29, 0.717) is 46.9 Å². The molecule has 3 aromatic rings. The number of aromatic amines is 1. The molecule has 3 heterocycles. The molecule has 3 amide bonds. The maximum absolute atomic E-state index is 13.3. The molecule has 1 atom stereocenters. The standard InChI is InChI=1S/C25H23N5O4/c1-15-12-20(31)28-23(26-15)16-6-5-7-17(13-16)27-21(32)14-29-24(34)18-8-3-4-9-19(18)30-22(33)10-11-25(29,30)2/h3-9,12-13H,10-11,14H2,1-2H3,(H,27,32)(H,26,28,31). The predicted octanol–water partition coefficient (Wildman–Crippen LogP) is 2.68. The van der Waals surface area contributed by atoms with Crippen molar-refractivity contribution >= 4 is 29.1 Å². The largest absolute Gasteiger partial charge is 0.325 e. The first-order valence-corrected chi connectivity index (χ1v) is 11.0. The van der Waals surface area contributed by atoms with Gasteiger partial charge in [0.1, 0.15) is 18.0 Å². The predicted molar refractivity (Wildman–Crippen MR) is 126 cm³/mol. The number of fused-ring (bicyclic) bond motifs is 3. The van der Waals surface area contributed by atoms with Crippen LogP contribution in [-0.2, 0) is 9.59 Å². The molecule has 2 aliphatic rings. The van der Waals surface area contributed by atoms with E-state index in [0.717, 1.165) is 0 Å². The number of rotatable bonds is 4. The Balaban J connectivity index is 1.40. The Labute approximate surface area is 195 Å². The van der Waals surface area contributed by atoms with Gasteiger partial charge in [0.2, 0.25) is 11.8 Å². The zero-order chi connectivity index (χ0) is 24.0. The van der Waals surface area contributed by atoms with Crippen molar-refractivity contribution in [1.82, 2.24) is 14.9 Å². The molecular weight excluding hydrogens is 434 g/mol. The van der Waals surface area contributed by atoms with Gasteiger partial charge in [-0.25, -0.2) is 4.98 Å². The van der Waals surface area contributed by atoms with Crippen molar-refractivity contribution in [2.75, 3.05) is 16.8 Å². The average molecular weight is 457 g/mol. The molecule has 2 N–H and O–H groups in total. The SMILES string of the molecule is Cc1cc(=O)[nH]c(-c2cccc(NC(=O)CN3C(=O)c4ccccc4N4C(=O)CCC34C)c2)n1. The van der Waals surface area contributed by atoms with Gasteiger partial charge in [-0.2, -0.15) is 0 Å². The fraction of sp³-hybridized carbons (Fsp3) is 0.240. The maximum Gasteiger partial charge on any atom is 0.258 e. The smallest absolute Gasteiger partial charge is 0.258 e. The number of aryl methyl sites for hydroxylation is 1. The second-order valence-electron chi connectivity index (χ2n) is 8.72. The first-order chi connectivity index (χ1) is 16.3. The van der Waals surface area contributed by atoms with Gasteiger partial charge < -0.3 is 15.2 Å². The summed E-state index contributed by atoms with van der Waals surface area (Å²) in [6.07, 6.45) is 0.751. The summed E-state index contributed by atoms with van der Waals surface area (Å²) in [4.78, 5) is 61.0. The van der Waals surface area contributed by atoms with Gasteiger partial charge in [0.25, 0.3) is 11.5 Å². The molecule has 1 unspecified atom stereocenters. The topological polar surface area (TPSA) is 115 Å². The van der Waals surface area contributed by atoms with Crippen molar-refractivity contribution in [2.24, 2.45) is 0 Å².